The molecule has 1 aromatic carbocycles. The summed E-state index contributed by atoms with van der Waals surface area (Å²) in [5.41, 5.74) is 0.772. The molecule has 23 heavy (non-hydrogen) atoms. The van der Waals surface area contributed by atoms with Gasteiger partial charge in [-0.25, -0.2) is 4.79 Å². The monoisotopic (exact) mass is 320 g/mol. The minimum absolute atomic E-state index is 0.0258. The van der Waals surface area contributed by atoms with Crippen molar-refractivity contribution in [3.05, 3.63) is 35.4 Å². The number of carbonyl (C=O) groups is 3. The van der Waals surface area contributed by atoms with Crippen LogP contribution < -0.4 is 10.6 Å². The van der Waals surface area contributed by atoms with E-state index in [-0.39, 0.29) is 17.9 Å². The molecule has 0 saturated heterocycles. The summed E-state index contributed by atoms with van der Waals surface area (Å²) in [6, 6.07) is 5.22. The fraction of sp³-hybridized carbons (Fsp3) is 0.471. The fourth-order valence-corrected chi connectivity index (χ4v) is 2.05. The van der Waals surface area contributed by atoms with Crippen LogP contribution in [0.1, 0.15) is 54.8 Å². The molecule has 1 unspecified atom stereocenters. The zero-order valence-electron chi connectivity index (χ0n) is 13.9. The lowest BCUT2D eigenvalue weighted by molar-refractivity contribution is -0.139. The first kappa shape index (κ1) is 18.7. The maximum absolute atomic E-state index is 12.1. The van der Waals surface area contributed by atoms with E-state index < -0.39 is 17.9 Å². The van der Waals surface area contributed by atoms with Gasteiger partial charge in [0.05, 0.1) is 0 Å². The van der Waals surface area contributed by atoms with Crippen LogP contribution in [0.2, 0.25) is 0 Å². The Morgan fingerprint density at radius 3 is 1.70 bits per heavy atom. The quantitative estimate of drug-likeness (QED) is 0.716. The molecule has 6 nitrogen and oxygen atoms in total. The fourth-order valence-electron chi connectivity index (χ4n) is 2.05. The lowest BCUT2D eigenvalue weighted by atomic mass is 10.0. The number of aliphatic carboxylic acids is 1. The van der Waals surface area contributed by atoms with E-state index in [4.69, 9.17) is 5.11 Å². The number of carboxylic acids is 1. The van der Waals surface area contributed by atoms with Gasteiger partial charge in [-0.3, -0.25) is 9.59 Å². The molecule has 126 valence electrons. The summed E-state index contributed by atoms with van der Waals surface area (Å²) in [7, 11) is 0. The van der Waals surface area contributed by atoms with Crippen molar-refractivity contribution >= 4 is 17.8 Å². The Labute approximate surface area is 136 Å². The summed E-state index contributed by atoms with van der Waals surface area (Å²) >= 11 is 0. The molecular formula is C17H24N2O4. The number of nitrogens with one attached hydrogen (secondary N) is 2. The van der Waals surface area contributed by atoms with Crippen LogP contribution in [0.15, 0.2) is 24.3 Å². The van der Waals surface area contributed by atoms with Crippen LogP contribution in [0.4, 0.5) is 0 Å². The molecule has 0 fully saturated rings. The van der Waals surface area contributed by atoms with Crippen LogP contribution in [0, 0.1) is 5.92 Å². The second-order valence-electron chi connectivity index (χ2n) is 6.20. The molecule has 0 heterocycles. The first-order chi connectivity index (χ1) is 10.7. The summed E-state index contributed by atoms with van der Waals surface area (Å²) in [6.07, 6.45) is 0.357. The molecule has 3 N–H and O–H groups in total. The first-order valence-electron chi connectivity index (χ1n) is 7.65. The zero-order chi connectivity index (χ0) is 17.6. The van der Waals surface area contributed by atoms with Crippen LogP contribution in [0.3, 0.4) is 0 Å². The predicted molar refractivity (Wildman–Crippen MR) is 87.4 cm³/mol. The van der Waals surface area contributed by atoms with Crippen molar-refractivity contribution in [1.29, 1.82) is 0 Å². The third kappa shape index (κ3) is 6.10. The van der Waals surface area contributed by atoms with Gasteiger partial charge in [0, 0.05) is 17.2 Å². The predicted octanol–water partition coefficient (Wildman–Crippen LogP) is 2.05. The molecule has 0 aliphatic heterocycles. The van der Waals surface area contributed by atoms with Gasteiger partial charge in [-0.15, -0.1) is 0 Å². The van der Waals surface area contributed by atoms with E-state index in [1.807, 2.05) is 27.7 Å². The molecule has 0 radical (unpaired) electrons. The average Bonchev–Trinajstić information content (AvgIpc) is 2.45. The lowest BCUT2D eigenvalue weighted by Crippen LogP contribution is -2.41. The number of carboxylic acid groups (broad SMARTS) is 1. The lowest BCUT2D eigenvalue weighted by Gasteiger charge is -2.16. The highest BCUT2D eigenvalue weighted by atomic mass is 16.4. The van der Waals surface area contributed by atoms with E-state index in [1.165, 1.54) is 12.1 Å². The first-order valence-corrected chi connectivity index (χ1v) is 7.65. The van der Waals surface area contributed by atoms with Crippen molar-refractivity contribution in [2.75, 3.05) is 0 Å². The molecule has 2 amide bonds. The van der Waals surface area contributed by atoms with Crippen LogP contribution in [-0.2, 0) is 4.79 Å². The minimum atomic E-state index is -1.06. The molecule has 0 spiro atoms. The van der Waals surface area contributed by atoms with Crippen molar-refractivity contribution in [3.63, 3.8) is 0 Å². The van der Waals surface area contributed by atoms with Crippen molar-refractivity contribution in [2.45, 2.75) is 46.2 Å². The molecule has 6 heteroatoms. The van der Waals surface area contributed by atoms with Gasteiger partial charge in [0.1, 0.15) is 6.04 Å². The van der Waals surface area contributed by atoms with Gasteiger partial charge < -0.3 is 15.7 Å². The van der Waals surface area contributed by atoms with Crippen LogP contribution in [0.25, 0.3) is 0 Å². The van der Waals surface area contributed by atoms with Crippen LogP contribution >= 0.6 is 0 Å². The second kappa shape index (κ2) is 8.31. The number of amides is 2. The Bertz CT molecular complexity index is 564. The molecule has 0 aliphatic rings. The molecule has 0 aromatic heterocycles. The topological polar surface area (TPSA) is 95.5 Å². The molecule has 1 rings (SSSR count). The Balaban J connectivity index is 2.77. The van der Waals surface area contributed by atoms with Crippen LogP contribution in [0.5, 0.6) is 0 Å². The number of carbonyl (C=O) groups excluding carboxylic acids is 2. The Morgan fingerprint density at radius 2 is 1.35 bits per heavy atom. The van der Waals surface area contributed by atoms with Gasteiger partial charge in [-0.05, 0) is 50.5 Å². The van der Waals surface area contributed by atoms with Gasteiger partial charge in [0.15, 0.2) is 0 Å². The molecule has 0 aliphatic carbocycles. The largest absolute Gasteiger partial charge is 0.480 e. The van der Waals surface area contributed by atoms with Crippen LogP contribution in [-0.4, -0.2) is 35.0 Å². The van der Waals surface area contributed by atoms with Crippen molar-refractivity contribution in [1.82, 2.24) is 10.6 Å². The number of benzene rings is 1. The average molecular weight is 320 g/mol. The smallest absolute Gasteiger partial charge is 0.326 e. The van der Waals surface area contributed by atoms with E-state index in [0.717, 1.165) is 0 Å². The molecule has 0 saturated carbocycles. The van der Waals surface area contributed by atoms with Gasteiger partial charge >= 0.3 is 5.97 Å². The van der Waals surface area contributed by atoms with E-state index in [1.54, 1.807) is 12.1 Å². The summed E-state index contributed by atoms with van der Waals surface area (Å²) in [4.78, 5) is 35.1. The molecule has 0 bridgehead atoms. The minimum Gasteiger partial charge on any atom is -0.480 e. The number of hydrogen-bond donors (Lipinski definition) is 3. The van der Waals surface area contributed by atoms with E-state index >= 15 is 0 Å². The summed E-state index contributed by atoms with van der Waals surface area (Å²) in [5.74, 6) is -1.58. The highest BCUT2D eigenvalue weighted by Gasteiger charge is 2.21. The molecular weight excluding hydrogens is 296 g/mol. The number of rotatable bonds is 7. The summed E-state index contributed by atoms with van der Waals surface area (Å²) in [5, 5.41) is 14.4. The van der Waals surface area contributed by atoms with Crippen molar-refractivity contribution in [2.24, 2.45) is 5.92 Å². The van der Waals surface area contributed by atoms with Crippen molar-refractivity contribution in [3.8, 4) is 0 Å². The van der Waals surface area contributed by atoms with E-state index in [2.05, 4.69) is 10.6 Å². The van der Waals surface area contributed by atoms with E-state index in [9.17, 15) is 14.4 Å². The molecule has 1 aromatic rings. The summed E-state index contributed by atoms with van der Waals surface area (Å²) < 4.78 is 0. The standard InChI is InChI=1S/C17H24N2O4/c1-10(2)9-14(17(22)23)19-16(21)13-7-5-12(6-8-13)15(20)18-11(3)4/h5-8,10-11,14H,9H2,1-4H3,(H,18,20)(H,19,21)(H,22,23). The highest BCUT2D eigenvalue weighted by Crippen LogP contribution is 2.08. The maximum Gasteiger partial charge on any atom is 0.326 e. The normalized spacial score (nSPS) is 12.1. The maximum atomic E-state index is 12.1. The van der Waals surface area contributed by atoms with Gasteiger partial charge in [0.2, 0.25) is 0 Å². The van der Waals surface area contributed by atoms with Gasteiger partial charge in [0.25, 0.3) is 11.8 Å². The molecule has 1 atom stereocenters. The zero-order valence-corrected chi connectivity index (χ0v) is 13.9. The third-order valence-corrected chi connectivity index (χ3v) is 3.14. The van der Waals surface area contributed by atoms with Crippen molar-refractivity contribution < 1.29 is 19.5 Å². The SMILES string of the molecule is CC(C)CC(NC(=O)c1ccc(C(=O)NC(C)C)cc1)C(=O)O. The summed E-state index contributed by atoms with van der Waals surface area (Å²) in [6.45, 7) is 7.51. The number of hydrogen-bond acceptors (Lipinski definition) is 3. The van der Waals surface area contributed by atoms with Gasteiger partial charge in [-0.1, -0.05) is 13.8 Å². The second-order valence-corrected chi connectivity index (χ2v) is 6.20. The Kier molecular flexibility index (Phi) is 6.75. The Morgan fingerprint density at radius 1 is 0.913 bits per heavy atom. The third-order valence-electron chi connectivity index (χ3n) is 3.14. The van der Waals surface area contributed by atoms with Gasteiger partial charge in [-0.2, -0.15) is 0 Å². The Hall–Kier alpha value is -2.37. The highest BCUT2D eigenvalue weighted by molar-refractivity contribution is 5.99. The van der Waals surface area contributed by atoms with E-state index in [0.29, 0.717) is 17.5 Å².